The SMILES string of the molecule is CCCCCCCCCCCCCC/C=C/C(O)C(CO)NC(=O)CCCCCCCCC/C=C\CCCCCCCCCCCOC(=O)CCCCCCCCCCCCCCCC. The number of amides is 1. The number of ether oxygens (including phenoxy) is 1. The molecule has 0 aromatic rings. The van der Waals surface area contributed by atoms with Gasteiger partial charge < -0.3 is 20.3 Å². The van der Waals surface area contributed by atoms with Gasteiger partial charge in [0.2, 0.25) is 5.91 Å². The lowest BCUT2D eigenvalue weighted by atomic mass is 10.0. The normalized spacial score (nSPS) is 12.7. The van der Waals surface area contributed by atoms with Crippen molar-refractivity contribution in [1.29, 1.82) is 0 Å². The molecule has 384 valence electrons. The summed E-state index contributed by atoms with van der Waals surface area (Å²) in [5, 5.41) is 23.1. The zero-order chi connectivity index (χ0) is 47.2. The molecule has 0 fully saturated rings. The average Bonchev–Trinajstić information content (AvgIpc) is 3.31. The van der Waals surface area contributed by atoms with E-state index >= 15 is 0 Å². The second-order valence-electron chi connectivity index (χ2n) is 20.0. The van der Waals surface area contributed by atoms with E-state index in [1.165, 1.54) is 244 Å². The Morgan fingerprint density at radius 2 is 0.723 bits per heavy atom. The predicted octanol–water partition coefficient (Wildman–Crippen LogP) is 17.9. The van der Waals surface area contributed by atoms with E-state index in [-0.39, 0.29) is 18.5 Å². The quantitative estimate of drug-likeness (QED) is 0.0321. The summed E-state index contributed by atoms with van der Waals surface area (Å²) in [5.74, 6) is -0.0680. The monoisotopic (exact) mass is 916 g/mol. The molecule has 0 saturated heterocycles. The number of hydrogen-bond donors (Lipinski definition) is 3. The molecule has 0 rings (SSSR count). The van der Waals surface area contributed by atoms with Crippen LogP contribution in [0.2, 0.25) is 0 Å². The maximum atomic E-state index is 12.4. The van der Waals surface area contributed by atoms with Crippen molar-refractivity contribution in [3.8, 4) is 0 Å². The van der Waals surface area contributed by atoms with E-state index in [0.29, 0.717) is 19.4 Å². The van der Waals surface area contributed by atoms with Crippen LogP contribution >= 0.6 is 0 Å². The first-order valence-electron chi connectivity index (χ1n) is 29.1. The Labute approximate surface area is 405 Å². The van der Waals surface area contributed by atoms with Gasteiger partial charge in [-0.1, -0.05) is 269 Å². The average molecular weight is 917 g/mol. The van der Waals surface area contributed by atoms with Crippen molar-refractivity contribution >= 4 is 11.9 Å². The Morgan fingerprint density at radius 3 is 1.09 bits per heavy atom. The number of carbonyl (C=O) groups is 2. The number of aliphatic hydroxyl groups excluding tert-OH is 2. The predicted molar refractivity (Wildman–Crippen MR) is 283 cm³/mol. The van der Waals surface area contributed by atoms with E-state index in [4.69, 9.17) is 4.74 Å². The van der Waals surface area contributed by atoms with Crippen LogP contribution in [-0.2, 0) is 14.3 Å². The molecule has 65 heavy (non-hydrogen) atoms. The van der Waals surface area contributed by atoms with Crippen LogP contribution in [-0.4, -0.2) is 47.4 Å². The molecule has 0 aromatic carbocycles. The van der Waals surface area contributed by atoms with Crippen molar-refractivity contribution in [3.63, 3.8) is 0 Å². The summed E-state index contributed by atoms with van der Waals surface area (Å²) in [7, 11) is 0. The maximum Gasteiger partial charge on any atom is 0.305 e. The van der Waals surface area contributed by atoms with Crippen molar-refractivity contribution < 1.29 is 24.5 Å². The Morgan fingerprint density at radius 1 is 0.415 bits per heavy atom. The minimum absolute atomic E-state index is 0.00785. The van der Waals surface area contributed by atoms with Gasteiger partial charge in [-0.25, -0.2) is 0 Å². The summed E-state index contributed by atoms with van der Waals surface area (Å²) in [6, 6.07) is -0.633. The van der Waals surface area contributed by atoms with E-state index < -0.39 is 12.1 Å². The third-order valence-corrected chi connectivity index (χ3v) is 13.5. The van der Waals surface area contributed by atoms with Gasteiger partial charge in [0.05, 0.1) is 25.4 Å². The van der Waals surface area contributed by atoms with E-state index in [1.54, 1.807) is 6.08 Å². The van der Waals surface area contributed by atoms with Crippen LogP contribution in [0.5, 0.6) is 0 Å². The van der Waals surface area contributed by atoms with Crippen LogP contribution in [0, 0.1) is 0 Å². The molecule has 0 aromatic heterocycles. The molecule has 0 bridgehead atoms. The molecule has 2 unspecified atom stereocenters. The van der Waals surface area contributed by atoms with E-state index in [9.17, 15) is 19.8 Å². The van der Waals surface area contributed by atoms with Gasteiger partial charge >= 0.3 is 5.97 Å². The fourth-order valence-corrected chi connectivity index (χ4v) is 8.98. The standard InChI is InChI=1S/C59H113NO5/c1-3-5-7-9-11-13-15-17-27-31-35-39-43-47-51-57(62)56(55-61)60-58(63)52-48-44-40-36-32-28-25-23-21-19-20-22-24-26-30-34-38-42-46-50-54-65-59(64)53-49-45-41-37-33-29-18-16-14-12-10-8-6-4-2/h19,21,47,51,56-57,61-62H,3-18,20,22-46,48-50,52-55H2,1-2H3,(H,60,63)/b21-19-,51-47+. The van der Waals surface area contributed by atoms with Crippen LogP contribution in [0.4, 0.5) is 0 Å². The molecule has 0 saturated carbocycles. The third-order valence-electron chi connectivity index (χ3n) is 13.5. The third kappa shape index (κ3) is 51.6. The fourth-order valence-electron chi connectivity index (χ4n) is 8.98. The number of rotatable bonds is 54. The summed E-state index contributed by atoms with van der Waals surface area (Å²) in [6.07, 6.45) is 66.3. The fraction of sp³-hybridized carbons (Fsp3) is 0.898. The minimum atomic E-state index is -0.849. The molecule has 0 radical (unpaired) electrons. The number of unbranched alkanes of at least 4 members (excludes halogenated alkanes) is 41. The zero-order valence-corrected chi connectivity index (χ0v) is 43.7. The first kappa shape index (κ1) is 63.3. The van der Waals surface area contributed by atoms with Gasteiger partial charge in [-0.05, 0) is 57.8 Å². The van der Waals surface area contributed by atoms with Gasteiger partial charge in [0.1, 0.15) is 0 Å². The number of nitrogens with one attached hydrogen (secondary N) is 1. The Bertz CT molecular complexity index is 1010. The van der Waals surface area contributed by atoms with Crippen molar-refractivity contribution in [3.05, 3.63) is 24.3 Å². The van der Waals surface area contributed by atoms with Crippen molar-refractivity contribution in [2.75, 3.05) is 13.2 Å². The van der Waals surface area contributed by atoms with Crippen LogP contribution in [0.25, 0.3) is 0 Å². The van der Waals surface area contributed by atoms with Gasteiger partial charge in [-0.3, -0.25) is 9.59 Å². The molecular formula is C59H113NO5. The van der Waals surface area contributed by atoms with Crippen LogP contribution in [0.3, 0.4) is 0 Å². The molecule has 0 aliphatic rings. The molecule has 0 heterocycles. The molecule has 3 N–H and O–H groups in total. The van der Waals surface area contributed by atoms with Gasteiger partial charge in [-0.2, -0.15) is 0 Å². The Kier molecular flexibility index (Phi) is 53.5. The van der Waals surface area contributed by atoms with Crippen molar-refractivity contribution in [1.82, 2.24) is 5.32 Å². The van der Waals surface area contributed by atoms with Gasteiger partial charge in [0, 0.05) is 12.8 Å². The Balaban J connectivity index is 3.44. The number of carbonyl (C=O) groups excluding carboxylic acids is 2. The second kappa shape index (κ2) is 54.9. The van der Waals surface area contributed by atoms with E-state index in [2.05, 4.69) is 31.3 Å². The molecule has 6 heteroatoms. The summed E-state index contributed by atoms with van der Waals surface area (Å²) in [5.41, 5.74) is 0. The van der Waals surface area contributed by atoms with Crippen molar-refractivity contribution in [2.24, 2.45) is 0 Å². The number of aliphatic hydroxyl groups is 2. The Hall–Kier alpha value is -1.66. The second-order valence-corrected chi connectivity index (χ2v) is 20.0. The van der Waals surface area contributed by atoms with Gasteiger partial charge in [0.15, 0.2) is 0 Å². The molecular weight excluding hydrogens is 803 g/mol. The smallest absolute Gasteiger partial charge is 0.305 e. The number of esters is 1. The minimum Gasteiger partial charge on any atom is -0.466 e. The molecule has 2 atom stereocenters. The highest BCUT2D eigenvalue weighted by molar-refractivity contribution is 5.76. The van der Waals surface area contributed by atoms with Gasteiger partial charge in [0.25, 0.3) is 0 Å². The first-order chi connectivity index (χ1) is 32.0. The molecule has 1 amide bonds. The van der Waals surface area contributed by atoms with E-state index in [1.807, 2.05) is 6.08 Å². The highest BCUT2D eigenvalue weighted by Crippen LogP contribution is 2.17. The number of hydrogen-bond acceptors (Lipinski definition) is 5. The van der Waals surface area contributed by atoms with Gasteiger partial charge in [-0.15, -0.1) is 0 Å². The van der Waals surface area contributed by atoms with E-state index in [0.717, 1.165) is 44.9 Å². The zero-order valence-electron chi connectivity index (χ0n) is 43.7. The summed E-state index contributed by atoms with van der Waals surface area (Å²) < 4.78 is 5.48. The summed E-state index contributed by atoms with van der Waals surface area (Å²) in [6.45, 7) is 4.90. The lowest BCUT2D eigenvalue weighted by molar-refractivity contribution is -0.143. The summed E-state index contributed by atoms with van der Waals surface area (Å²) in [4.78, 5) is 24.5. The molecule has 0 aliphatic heterocycles. The first-order valence-corrected chi connectivity index (χ1v) is 29.1. The summed E-state index contributed by atoms with van der Waals surface area (Å²) >= 11 is 0. The highest BCUT2D eigenvalue weighted by atomic mass is 16.5. The van der Waals surface area contributed by atoms with Crippen molar-refractivity contribution in [2.45, 2.75) is 328 Å². The lowest BCUT2D eigenvalue weighted by Gasteiger charge is -2.20. The molecule has 6 nitrogen and oxygen atoms in total. The molecule has 0 spiro atoms. The largest absolute Gasteiger partial charge is 0.466 e. The molecule has 0 aliphatic carbocycles. The maximum absolute atomic E-state index is 12.4. The van der Waals surface area contributed by atoms with Crippen LogP contribution in [0.1, 0.15) is 316 Å². The topological polar surface area (TPSA) is 95.9 Å². The lowest BCUT2D eigenvalue weighted by Crippen LogP contribution is -2.45. The van der Waals surface area contributed by atoms with Crippen LogP contribution < -0.4 is 5.32 Å². The number of allylic oxidation sites excluding steroid dienone is 3. The van der Waals surface area contributed by atoms with Crippen LogP contribution in [0.15, 0.2) is 24.3 Å². The highest BCUT2D eigenvalue weighted by Gasteiger charge is 2.18.